The van der Waals surface area contributed by atoms with Crippen molar-refractivity contribution in [2.75, 3.05) is 34.4 Å². The van der Waals surface area contributed by atoms with Gasteiger partial charge in [-0.1, -0.05) is 24.2 Å². The van der Waals surface area contributed by atoms with Crippen LogP contribution in [0.3, 0.4) is 0 Å². The summed E-state index contributed by atoms with van der Waals surface area (Å²) in [5, 5.41) is 18.5. The maximum atomic E-state index is 14.3. The molecule has 3 aromatic carbocycles. The fourth-order valence-electron chi connectivity index (χ4n) is 5.33. The summed E-state index contributed by atoms with van der Waals surface area (Å²) < 4.78 is 39.5. The minimum absolute atomic E-state index is 0.00926. The van der Waals surface area contributed by atoms with E-state index in [-0.39, 0.29) is 42.1 Å². The first kappa shape index (κ1) is 40.4. The van der Waals surface area contributed by atoms with E-state index in [2.05, 4.69) is 10.5 Å². The second-order valence-electron chi connectivity index (χ2n) is 13.2. The van der Waals surface area contributed by atoms with Gasteiger partial charge in [0.05, 0.1) is 31.5 Å². The van der Waals surface area contributed by atoms with Crippen LogP contribution >= 0.6 is 0 Å². The van der Waals surface area contributed by atoms with Crippen LogP contribution in [0.5, 0.6) is 5.75 Å². The summed E-state index contributed by atoms with van der Waals surface area (Å²) in [5.41, 5.74) is 1.09. The quantitative estimate of drug-likeness (QED) is 0.147. The van der Waals surface area contributed by atoms with Crippen molar-refractivity contribution in [3.05, 3.63) is 100 Å². The van der Waals surface area contributed by atoms with Crippen LogP contribution in [0, 0.1) is 11.6 Å². The third-order valence-electron chi connectivity index (χ3n) is 7.72. The minimum Gasteiger partial charge on any atom is -0.497 e. The summed E-state index contributed by atoms with van der Waals surface area (Å²) in [6, 6.07) is 13.3. The van der Waals surface area contributed by atoms with Crippen molar-refractivity contribution in [2.45, 2.75) is 71.8 Å². The smallest absolute Gasteiger partial charge is 0.410 e. The molecule has 2 N–H and O–H groups in total. The fraction of sp³-hybridized carbons (Fsp3) is 0.421. The molecule has 0 aliphatic rings. The van der Waals surface area contributed by atoms with Gasteiger partial charge in [0.2, 0.25) is 0 Å². The minimum atomic E-state index is -1.46. The summed E-state index contributed by atoms with van der Waals surface area (Å²) in [5.74, 6) is -2.12. The summed E-state index contributed by atoms with van der Waals surface area (Å²) in [7, 11) is 4.54. The summed E-state index contributed by atoms with van der Waals surface area (Å²) >= 11 is 0. The van der Waals surface area contributed by atoms with Gasteiger partial charge in [-0.3, -0.25) is 9.59 Å². The number of hydrogen-bond acceptors (Lipinski definition) is 8. The van der Waals surface area contributed by atoms with E-state index in [1.807, 2.05) is 6.92 Å². The molecule has 0 aromatic heterocycles. The standard InChI is InChI=1S/C38H48F2N4O7/c1-9-13-43(6)36(47)29-19-27(24(2)42-50-8)18-28(20-29)35(46)41-33(17-26-14-30(39)21-31(40)15-26)34(45)23-44(37(48)51-38(3,4)5)22-25-11-10-12-32(16-25)49-7/h10-12,14-16,18-21,33-34,45H,9,13,17,22-23H2,1-8H3,(H,41,46)/b42-24+/t33-,34+/m0/s1. The lowest BCUT2D eigenvalue weighted by atomic mass is 9.98. The first-order valence-electron chi connectivity index (χ1n) is 16.6. The summed E-state index contributed by atoms with van der Waals surface area (Å²) in [4.78, 5) is 48.4. The van der Waals surface area contributed by atoms with Crippen molar-refractivity contribution in [1.29, 1.82) is 0 Å². The van der Waals surface area contributed by atoms with Crippen LogP contribution in [-0.4, -0.2) is 90.6 Å². The van der Waals surface area contributed by atoms with Gasteiger partial charge in [-0.2, -0.15) is 0 Å². The van der Waals surface area contributed by atoms with Gasteiger partial charge in [0.1, 0.15) is 30.1 Å². The van der Waals surface area contributed by atoms with Gasteiger partial charge in [-0.25, -0.2) is 13.6 Å². The number of hydrogen-bond donors (Lipinski definition) is 2. The average Bonchev–Trinajstić information content (AvgIpc) is 3.06. The number of carbonyl (C=O) groups is 3. The molecule has 0 heterocycles. The van der Waals surface area contributed by atoms with E-state index in [9.17, 15) is 28.3 Å². The molecule has 0 saturated heterocycles. The van der Waals surface area contributed by atoms with Crippen LogP contribution in [0.1, 0.15) is 78.4 Å². The predicted molar refractivity (Wildman–Crippen MR) is 190 cm³/mol. The number of rotatable bonds is 15. The molecule has 13 heteroatoms. The summed E-state index contributed by atoms with van der Waals surface area (Å²) in [6.45, 7) is 8.87. The molecule has 0 saturated carbocycles. The van der Waals surface area contributed by atoms with Crippen molar-refractivity contribution in [3.63, 3.8) is 0 Å². The zero-order valence-corrected chi connectivity index (χ0v) is 30.5. The van der Waals surface area contributed by atoms with Crippen molar-refractivity contribution >= 4 is 23.6 Å². The lowest BCUT2D eigenvalue weighted by molar-refractivity contribution is 0.00836. The molecule has 3 aromatic rings. The van der Waals surface area contributed by atoms with Crippen LogP contribution in [0.15, 0.2) is 65.8 Å². The average molecular weight is 711 g/mol. The van der Waals surface area contributed by atoms with Crippen LogP contribution in [0.2, 0.25) is 0 Å². The van der Waals surface area contributed by atoms with Gasteiger partial charge < -0.3 is 34.5 Å². The normalized spacial score (nSPS) is 12.8. The lowest BCUT2D eigenvalue weighted by Crippen LogP contribution is -2.51. The number of aliphatic hydroxyl groups is 1. The van der Waals surface area contributed by atoms with Crippen LogP contribution < -0.4 is 10.1 Å². The Morgan fingerprint density at radius 3 is 2.20 bits per heavy atom. The van der Waals surface area contributed by atoms with E-state index in [0.29, 0.717) is 29.1 Å². The number of nitrogens with zero attached hydrogens (tertiary/aromatic N) is 3. The molecule has 0 radical (unpaired) electrons. The van der Waals surface area contributed by atoms with E-state index in [0.717, 1.165) is 24.6 Å². The Kier molecular flexibility index (Phi) is 14.5. The van der Waals surface area contributed by atoms with Crippen LogP contribution in [-0.2, 0) is 22.5 Å². The third-order valence-corrected chi connectivity index (χ3v) is 7.72. The highest BCUT2D eigenvalue weighted by Crippen LogP contribution is 2.20. The molecule has 0 fully saturated rings. The second-order valence-corrected chi connectivity index (χ2v) is 13.2. The fourth-order valence-corrected chi connectivity index (χ4v) is 5.33. The molecule has 2 atom stereocenters. The molecule has 11 nitrogen and oxygen atoms in total. The van der Waals surface area contributed by atoms with Gasteiger partial charge >= 0.3 is 6.09 Å². The Morgan fingerprint density at radius 1 is 0.941 bits per heavy atom. The highest BCUT2D eigenvalue weighted by molar-refractivity contribution is 6.06. The number of aliphatic hydroxyl groups excluding tert-OH is 1. The maximum Gasteiger partial charge on any atom is 0.410 e. The first-order valence-corrected chi connectivity index (χ1v) is 16.6. The SMILES string of the molecule is CCCN(C)C(=O)c1cc(C(=O)N[C@@H](Cc2cc(F)cc(F)c2)[C@H](O)CN(Cc2cccc(OC)c2)C(=O)OC(C)(C)C)cc(/C(C)=N/OC)c1. The highest BCUT2D eigenvalue weighted by atomic mass is 19.1. The number of halogens is 2. The molecule has 3 rings (SSSR count). The molecule has 0 aliphatic heterocycles. The Bertz CT molecular complexity index is 1690. The first-order chi connectivity index (χ1) is 24.0. The number of carbonyl (C=O) groups excluding carboxylic acids is 3. The monoisotopic (exact) mass is 710 g/mol. The number of methoxy groups -OCH3 is 1. The van der Waals surface area contributed by atoms with Crippen LogP contribution in [0.4, 0.5) is 13.6 Å². The zero-order chi connectivity index (χ0) is 37.9. The molecule has 0 bridgehead atoms. The van der Waals surface area contributed by atoms with Gasteiger partial charge in [0.15, 0.2) is 0 Å². The second kappa shape index (κ2) is 18.3. The number of amides is 3. The Balaban J connectivity index is 2.05. The third kappa shape index (κ3) is 12.4. The van der Waals surface area contributed by atoms with E-state index in [4.69, 9.17) is 14.3 Å². The number of nitrogens with one attached hydrogen (secondary N) is 1. The molecular weight excluding hydrogens is 662 g/mol. The predicted octanol–water partition coefficient (Wildman–Crippen LogP) is 5.97. The van der Waals surface area contributed by atoms with E-state index >= 15 is 0 Å². The Morgan fingerprint density at radius 2 is 1.59 bits per heavy atom. The van der Waals surface area contributed by atoms with E-state index < -0.39 is 41.4 Å². The van der Waals surface area contributed by atoms with Gasteiger partial charge in [-0.15, -0.1) is 0 Å². The van der Waals surface area contributed by atoms with E-state index in [1.54, 1.807) is 65.1 Å². The molecule has 0 unspecified atom stereocenters. The van der Waals surface area contributed by atoms with Crippen molar-refractivity contribution in [2.24, 2.45) is 5.16 Å². The highest BCUT2D eigenvalue weighted by Gasteiger charge is 2.30. The molecule has 3 amide bonds. The van der Waals surface area contributed by atoms with Gasteiger partial charge in [0, 0.05) is 42.9 Å². The van der Waals surface area contributed by atoms with Gasteiger partial charge in [0.25, 0.3) is 11.8 Å². The van der Waals surface area contributed by atoms with Crippen LogP contribution in [0.25, 0.3) is 0 Å². The summed E-state index contributed by atoms with van der Waals surface area (Å²) in [6.07, 6.45) is -1.68. The maximum absolute atomic E-state index is 14.3. The van der Waals surface area contributed by atoms with Crippen molar-refractivity contribution in [3.8, 4) is 5.75 Å². The number of oxime groups is 1. The molecule has 51 heavy (non-hydrogen) atoms. The zero-order valence-electron chi connectivity index (χ0n) is 30.5. The van der Waals surface area contributed by atoms with Gasteiger partial charge in [-0.05, 0) is 94.1 Å². The largest absolute Gasteiger partial charge is 0.497 e. The molecule has 0 spiro atoms. The topological polar surface area (TPSA) is 130 Å². The van der Waals surface area contributed by atoms with Crippen molar-refractivity contribution in [1.82, 2.24) is 15.1 Å². The number of benzene rings is 3. The Labute approximate surface area is 298 Å². The molecular formula is C38H48F2N4O7. The molecule has 0 aliphatic carbocycles. The van der Waals surface area contributed by atoms with Crippen molar-refractivity contribution < 1.29 is 42.6 Å². The Hall–Kier alpha value is -5.04. The molecule has 276 valence electrons. The number of ether oxygens (including phenoxy) is 2. The lowest BCUT2D eigenvalue weighted by Gasteiger charge is -2.32. The van der Waals surface area contributed by atoms with E-state index in [1.165, 1.54) is 36.2 Å².